The molecule has 0 bridgehead atoms. The average molecular weight is 242 g/mol. The number of hydrogen-bond acceptors (Lipinski definition) is 3. The number of nitrogens with two attached hydrogens (primary N) is 1. The Morgan fingerprint density at radius 1 is 1.53 bits per heavy atom. The van der Waals surface area contributed by atoms with Crippen molar-refractivity contribution in [1.82, 2.24) is 4.90 Å². The van der Waals surface area contributed by atoms with Crippen LogP contribution in [0.2, 0.25) is 0 Å². The van der Waals surface area contributed by atoms with Crippen LogP contribution in [0, 0.1) is 11.8 Å². The van der Waals surface area contributed by atoms with Gasteiger partial charge in [-0.2, -0.15) is 0 Å². The maximum absolute atomic E-state index is 12.1. The molecule has 1 heterocycles. The summed E-state index contributed by atoms with van der Waals surface area (Å²) in [5.41, 5.74) is 5.72. The van der Waals surface area contributed by atoms with Crippen molar-refractivity contribution in [2.24, 2.45) is 17.6 Å². The second-order valence-electron chi connectivity index (χ2n) is 5.50. The summed E-state index contributed by atoms with van der Waals surface area (Å²) in [6.07, 6.45) is 3.47. The fourth-order valence-corrected chi connectivity index (χ4v) is 2.65. The van der Waals surface area contributed by atoms with Gasteiger partial charge in [-0.25, -0.2) is 0 Å². The maximum atomic E-state index is 12.1. The molecule has 1 unspecified atom stereocenters. The molecule has 1 aliphatic rings. The number of hydrogen-bond donors (Lipinski definition) is 2. The molecule has 1 amide bonds. The van der Waals surface area contributed by atoms with E-state index in [2.05, 4.69) is 13.8 Å². The van der Waals surface area contributed by atoms with Crippen molar-refractivity contribution in [2.45, 2.75) is 45.6 Å². The summed E-state index contributed by atoms with van der Waals surface area (Å²) in [6.45, 7) is 5.76. The van der Waals surface area contributed by atoms with E-state index in [-0.39, 0.29) is 24.5 Å². The lowest BCUT2D eigenvalue weighted by Gasteiger charge is -2.25. The van der Waals surface area contributed by atoms with Gasteiger partial charge in [-0.15, -0.1) is 0 Å². The predicted octanol–water partition coefficient (Wildman–Crippen LogP) is 0.981. The summed E-state index contributed by atoms with van der Waals surface area (Å²) >= 11 is 0. The summed E-state index contributed by atoms with van der Waals surface area (Å²) in [5, 5.41) is 9.20. The van der Waals surface area contributed by atoms with Crippen LogP contribution >= 0.6 is 0 Å². The van der Waals surface area contributed by atoms with Gasteiger partial charge in [0.05, 0.1) is 12.6 Å². The largest absolute Gasteiger partial charge is 0.394 e. The van der Waals surface area contributed by atoms with Crippen LogP contribution in [-0.2, 0) is 4.79 Å². The number of carbonyl (C=O) groups is 1. The predicted molar refractivity (Wildman–Crippen MR) is 68.4 cm³/mol. The third kappa shape index (κ3) is 4.28. The van der Waals surface area contributed by atoms with Crippen molar-refractivity contribution in [1.29, 1.82) is 0 Å². The van der Waals surface area contributed by atoms with E-state index in [1.54, 1.807) is 0 Å². The number of amides is 1. The highest BCUT2D eigenvalue weighted by molar-refractivity contribution is 5.77. The Morgan fingerprint density at radius 2 is 2.24 bits per heavy atom. The molecule has 0 saturated carbocycles. The summed E-state index contributed by atoms with van der Waals surface area (Å²) in [5.74, 6) is 1.02. The lowest BCUT2D eigenvalue weighted by atomic mass is 9.93. The minimum Gasteiger partial charge on any atom is -0.394 e. The quantitative estimate of drug-likeness (QED) is 0.729. The van der Waals surface area contributed by atoms with Gasteiger partial charge in [0.25, 0.3) is 0 Å². The summed E-state index contributed by atoms with van der Waals surface area (Å²) in [7, 11) is 0. The molecule has 3 N–H and O–H groups in total. The van der Waals surface area contributed by atoms with E-state index < -0.39 is 0 Å². The molecular weight excluding hydrogens is 216 g/mol. The van der Waals surface area contributed by atoms with Gasteiger partial charge in [-0.1, -0.05) is 13.8 Å². The van der Waals surface area contributed by atoms with E-state index in [0.29, 0.717) is 18.9 Å². The van der Waals surface area contributed by atoms with Gasteiger partial charge in [0.1, 0.15) is 0 Å². The fourth-order valence-electron chi connectivity index (χ4n) is 2.65. The number of nitrogens with zero attached hydrogens (tertiary/aromatic N) is 1. The van der Waals surface area contributed by atoms with Crippen LogP contribution in [0.1, 0.15) is 39.5 Å². The van der Waals surface area contributed by atoms with Gasteiger partial charge in [-0.05, 0) is 37.6 Å². The lowest BCUT2D eigenvalue weighted by Crippen LogP contribution is -2.39. The molecule has 1 aliphatic heterocycles. The van der Waals surface area contributed by atoms with Gasteiger partial charge in [0, 0.05) is 13.0 Å². The molecule has 100 valence electrons. The van der Waals surface area contributed by atoms with E-state index in [1.807, 2.05) is 4.90 Å². The Balaban J connectivity index is 2.46. The van der Waals surface area contributed by atoms with Crippen LogP contribution in [0.15, 0.2) is 0 Å². The van der Waals surface area contributed by atoms with Crippen molar-refractivity contribution < 1.29 is 9.90 Å². The minimum absolute atomic E-state index is 0.0416. The van der Waals surface area contributed by atoms with Crippen molar-refractivity contribution >= 4 is 5.91 Å². The fraction of sp³-hybridized carbons (Fsp3) is 0.923. The third-order valence-corrected chi connectivity index (χ3v) is 3.51. The Bertz CT molecular complexity index is 244. The van der Waals surface area contributed by atoms with E-state index >= 15 is 0 Å². The van der Waals surface area contributed by atoms with E-state index in [1.165, 1.54) is 0 Å². The number of rotatable bonds is 6. The van der Waals surface area contributed by atoms with Crippen molar-refractivity contribution in [3.63, 3.8) is 0 Å². The first-order chi connectivity index (χ1) is 8.08. The monoisotopic (exact) mass is 242 g/mol. The summed E-state index contributed by atoms with van der Waals surface area (Å²) in [4.78, 5) is 14.0. The molecule has 4 heteroatoms. The minimum atomic E-state index is 0.0416. The SMILES string of the molecule is CC(C)C[C@H](CN)CC(=O)N1CCCC1CO. The number of likely N-dealkylation sites (tertiary alicyclic amines) is 1. The van der Waals surface area contributed by atoms with Crippen molar-refractivity contribution in [3.8, 4) is 0 Å². The highest BCUT2D eigenvalue weighted by atomic mass is 16.3. The molecule has 0 radical (unpaired) electrons. The van der Waals surface area contributed by atoms with Gasteiger partial charge in [-0.3, -0.25) is 4.79 Å². The number of carbonyl (C=O) groups excluding carboxylic acids is 1. The standard InChI is InChI=1S/C13H26N2O2/c1-10(2)6-11(8-14)7-13(17)15-5-3-4-12(15)9-16/h10-12,16H,3-9,14H2,1-2H3/t11-,12?/m0/s1. The topological polar surface area (TPSA) is 66.6 Å². The van der Waals surface area contributed by atoms with Gasteiger partial charge in [0.15, 0.2) is 0 Å². The van der Waals surface area contributed by atoms with Crippen molar-refractivity contribution in [2.75, 3.05) is 19.7 Å². The highest BCUT2D eigenvalue weighted by Crippen LogP contribution is 2.21. The number of aliphatic hydroxyl groups is 1. The van der Waals surface area contributed by atoms with Crippen LogP contribution in [0.3, 0.4) is 0 Å². The first kappa shape index (κ1) is 14.5. The normalized spacial score (nSPS) is 22.2. The molecule has 0 aromatic heterocycles. The molecule has 17 heavy (non-hydrogen) atoms. The van der Waals surface area contributed by atoms with Crippen LogP contribution < -0.4 is 5.73 Å². The van der Waals surface area contributed by atoms with Gasteiger partial charge >= 0.3 is 0 Å². The van der Waals surface area contributed by atoms with Crippen LogP contribution in [0.5, 0.6) is 0 Å². The van der Waals surface area contributed by atoms with Gasteiger partial charge in [0.2, 0.25) is 5.91 Å². The summed E-state index contributed by atoms with van der Waals surface area (Å²) in [6, 6.07) is 0.0416. The first-order valence-corrected chi connectivity index (χ1v) is 6.68. The zero-order chi connectivity index (χ0) is 12.8. The van der Waals surface area contributed by atoms with Gasteiger partial charge < -0.3 is 15.7 Å². The molecule has 2 atom stereocenters. The smallest absolute Gasteiger partial charge is 0.223 e. The Labute approximate surface area is 104 Å². The van der Waals surface area contributed by atoms with Crippen LogP contribution in [0.4, 0.5) is 0 Å². The molecule has 0 spiro atoms. The molecule has 1 fully saturated rings. The maximum Gasteiger partial charge on any atom is 0.223 e. The highest BCUT2D eigenvalue weighted by Gasteiger charge is 2.29. The van der Waals surface area contributed by atoms with Crippen molar-refractivity contribution in [3.05, 3.63) is 0 Å². The average Bonchev–Trinajstić information content (AvgIpc) is 2.75. The van der Waals surface area contributed by atoms with E-state index in [9.17, 15) is 9.90 Å². The van der Waals surface area contributed by atoms with E-state index in [0.717, 1.165) is 25.8 Å². The second-order valence-corrected chi connectivity index (χ2v) is 5.50. The summed E-state index contributed by atoms with van der Waals surface area (Å²) < 4.78 is 0. The molecule has 0 aromatic rings. The zero-order valence-corrected chi connectivity index (χ0v) is 11.1. The Kier molecular flexibility index (Phi) is 5.92. The van der Waals surface area contributed by atoms with E-state index in [4.69, 9.17) is 5.73 Å². The van der Waals surface area contributed by atoms with Crippen LogP contribution in [0.25, 0.3) is 0 Å². The molecule has 1 saturated heterocycles. The first-order valence-electron chi connectivity index (χ1n) is 6.68. The Morgan fingerprint density at radius 3 is 2.76 bits per heavy atom. The lowest BCUT2D eigenvalue weighted by molar-refractivity contribution is -0.133. The number of aliphatic hydroxyl groups excluding tert-OH is 1. The molecule has 0 aliphatic carbocycles. The zero-order valence-electron chi connectivity index (χ0n) is 11.1. The molecule has 1 rings (SSSR count). The molecular formula is C13H26N2O2. The van der Waals surface area contributed by atoms with Crippen LogP contribution in [-0.4, -0.2) is 41.7 Å². The third-order valence-electron chi connectivity index (χ3n) is 3.51. The Hall–Kier alpha value is -0.610. The molecule has 4 nitrogen and oxygen atoms in total. The second kappa shape index (κ2) is 6.97. The molecule has 0 aromatic carbocycles.